The molecule has 1 unspecified atom stereocenters. The standard InChI is InChI=1S/C17H15ClO3/c18-12-2-4-16-13(8-12)14(19)9-17(21-16)10-1-3-15-11(7-10)5-6-20-15/h1-4,7-8,14,17,19H,5-6,9H2/t14-,17?/m0/s1. The molecule has 0 spiro atoms. The minimum atomic E-state index is -0.554. The predicted molar refractivity (Wildman–Crippen MR) is 80.0 cm³/mol. The Kier molecular flexibility index (Phi) is 3.05. The van der Waals surface area contributed by atoms with Gasteiger partial charge in [-0.05, 0) is 41.5 Å². The van der Waals surface area contributed by atoms with Crippen LogP contribution >= 0.6 is 11.6 Å². The van der Waals surface area contributed by atoms with Crippen LogP contribution in [0.5, 0.6) is 11.5 Å². The van der Waals surface area contributed by atoms with Gasteiger partial charge >= 0.3 is 0 Å². The van der Waals surface area contributed by atoms with Crippen LogP contribution in [0.1, 0.15) is 35.3 Å². The third kappa shape index (κ3) is 2.27. The molecule has 0 aromatic heterocycles. The van der Waals surface area contributed by atoms with Crippen LogP contribution in [-0.2, 0) is 6.42 Å². The third-order valence-electron chi connectivity index (χ3n) is 4.12. The molecule has 3 nitrogen and oxygen atoms in total. The highest BCUT2D eigenvalue weighted by atomic mass is 35.5. The van der Waals surface area contributed by atoms with Crippen molar-refractivity contribution in [3.8, 4) is 11.5 Å². The summed E-state index contributed by atoms with van der Waals surface area (Å²) in [5, 5.41) is 11.0. The molecule has 2 aromatic carbocycles. The van der Waals surface area contributed by atoms with E-state index in [1.165, 1.54) is 5.56 Å². The lowest BCUT2D eigenvalue weighted by Crippen LogP contribution is -2.19. The summed E-state index contributed by atoms with van der Waals surface area (Å²) in [6.07, 6.45) is 0.777. The van der Waals surface area contributed by atoms with Crippen LogP contribution in [0, 0.1) is 0 Å². The van der Waals surface area contributed by atoms with Crippen LogP contribution in [0.4, 0.5) is 0 Å². The van der Waals surface area contributed by atoms with Gasteiger partial charge in [0.05, 0.1) is 12.7 Å². The van der Waals surface area contributed by atoms with Gasteiger partial charge < -0.3 is 14.6 Å². The van der Waals surface area contributed by atoms with Gasteiger partial charge in [-0.25, -0.2) is 0 Å². The Balaban J connectivity index is 1.67. The maximum atomic E-state index is 10.3. The molecule has 0 fully saturated rings. The molecule has 0 amide bonds. The second-order valence-electron chi connectivity index (χ2n) is 5.51. The summed E-state index contributed by atoms with van der Waals surface area (Å²) in [6.45, 7) is 0.744. The van der Waals surface area contributed by atoms with Crippen molar-refractivity contribution >= 4 is 11.6 Å². The van der Waals surface area contributed by atoms with Crippen LogP contribution in [0.3, 0.4) is 0 Å². The molecule has 0 saturated heterocycles. The second-order valence-corrected chi connectivity index (χ2v) is 5.94. The minimum Gasteiger partial charge on any atom is -0.493 e. The van der Waals surface area contributed by atoms with Crippen LogP contribution in [0.25, 0.3) is 0 Å². The Bertz CT molecular complexity index is 698. The van der Waals surface area contributed by atoms with Crippen molar-refractivity contribution in [2.24, 2.45) is 0 Å². The molecule has 2 aromatic rings. The monoisotopic (exact) mass is 302 g/mol. The van der Waals surface area contributed by atoms with Crippen molar-refractivity contribution in [2.45, 2.75) is 25.0 Å². The summed E-state index contributed by atoms with van der Waals surface area (Å²) in [4.78, 5) is 0. The molecule has 2 aliphatic heterocycles. The van der Waals surface area contributed by atoms with Crippen molar-refractivity contribution < 1.29 is 14.6 Å². The number of hydrogen-bond donors (Lipinski definition) is 1. The molecule has 0 aliphatic carbocycles. The van der Waals surface area contributed by atoms with Gasteiger partial charge in [0.25, 0.3) is 0 Å². The zero-order valence-corrected chi connectivity index (χ0v) is 12.1. The molecule has 4 rings (SSSR count). The fraction of sp³-hybridized carbons (Fsp3) is 0.294. The molecule has 2 aliphatic rings. The fourth-order valence-corrected chi connectivity index (χ4v) is 3.21. The maximum Gasteiger partial charge on any atom is 0.127 e. The summed E-state index contributed by atoms with van der Waals surface area (Å²) in [5.41, 5.74) is 3.06. The van der Waals surface area contributed by atoms with E-state index < -0.39 is 6.10 Å². The number of rotatable bonds is 1. The Hall–Kier alpha value is -1.71. The van der Waals surface area contributed by atoms with E-state index in [0.29, 0.717) is 17.2 Å². The molecular formula is C17H15ClO3. The Labute approximate surface area is 128 Å². The first-order chi connectivity index (χ1) is 10.2. The zero-order valence-electron chi connectivity index (χ0n) is 11.4. The van der Waals surface area contributed by atoms with E-state index in [1.54, 1.807) is 12.1 Å². The first-order valence-corrected chi connectivity index (χ1v) is 7.48. The fourth-order valence-electron chi connectivity index (χ4n) is 3.03. The van der Waals surface area contributed by atoms with Gasteiger partial charge in [-0.3, -0.25) is 0 Å². The number of ether oxygens (including phenoxy) is 2. The van der Waals surface area contributed by atoms with Crippen LogP contribution < -0.4 is 9.47 Å². The quantitative estimate of drug-likeness (QED) is 0.870. The lowest BCUT2D eigenvalue weighted by atomic mass is 9.94. The van der Waals surface area contributed by atoms with Gasteiger partial charge in [-0.1, -0.05) is 17.7 Å². The number of halogens is 1. The van der Waals surface area contributed by atoms with Crippen molar-refractivity contribution in [1.82, 2.24) is 0 Å². The summed E-state index contributed by atoms with van der Waals surface area (Å²) < 4.78 is 11.6. The molecule has 21 heavy (non-hydrogen) atoms. The highest BCUT2D eigenvalue weighted by Crippen LogP contribution is 2.42. The van der Waals surface area contributed by atoms with Crippen molar-refractivity contribution in [1.29, 1.82) is 0 Å². The molecule has 0 bridgehead atoms. The summed E-state index contributed by atoms with van der Waals surface area (Å²) in [5.74, 6) is 1.67. The van der Waals surface area contributed by atoms with E-state index in [1.807, 2.05) is 18.2 Å². The minimum absolute atomic E-state index is 0.139. The molecule has 108 valence electrons. The first kappa shape index (κ1) is 13.0. The first-order valence-electron chi connectivity index (χ1n) is 7.10. The summed E-state index contributed by atoms with van der Waals surface area (Å²) in [7, 11) is 0. The van der Waals surface area contributed by atoms with E-state index in [2.05, 4.69) is 6.07 Å². The average Bonchev–Trinajstić information content (AvgIpc) is 2.95. The normalized spacial score (nSPS) is 23.0. The Morgan fingerprint density at radius 1 is 1.10 bits per heavy atom. The van der Waals surface area contributed by atoms with Crippen LogP contribution in [-0.4, -0.2) is 11.7 Å². The van der Waals surface area contributed by atoms with E-state index in [0.717, 1.165) is 29.9 Å². The number of fused-ring (bicyclic) bond motifs is 2. The van der Waals surface area contributed by atoms with Crippen LogP contribution in [0.2, 0.25) is 5.02 Å². The molecule has 2 atom stereocenters. The highest BCUT2D eigenvalue weighted by Gasteiger charge is 2.29. The molecule has 0 saturated carbocycles. The van der Waals surface area contributed by atoms with E-state index >= 15 is 0 Å². The lowest BCUT2D eigenvalue weighted by Gasteiger charge is -2.30. The number of hydrogen-bond acceptors (Lipinski definition) is 3. The SMILES string of the molecule is O[C@H]1CC(c2ccc3c(c2)CCO3)Oc2ccc(Cl)cc21. The summed E-state index contributed by atoms with van der Waals surface area (Å²) in [6, 6.07) is 11.5. The van der Waals surface area contributed by atoms with Crippen molar-refractivity contribution in [3.05, 3.63) is 58.1 Å². The van der Waals surface area contributed by atoms with Gasteiger partial charge in [0, 0.05) is 23.4 Å². The Morgan fingerprint density at radius 2 is 1.95 bits per heavy atom. The molecular weight excluding hydrogens is 288 g/mol. The topological polar surface area (TPSA) is 38.7 Å². The number of benzene rings is 2. The third-order valence-corrected chi connectivity index (χ3v) is 4.36. The zero-order chi connectivity index (χ0) is 14.4. The second kappa shape index (κ2) is 4.93. The van der Waals surface area contributed by atoms with Gasteiger partial charge in [0.15, 0.2) is 0 Å². The smallest absolute Gasteiger partial charge is 0.127 e. The van der Waals surface area contributed by atoms with Crippen molar-refractivity contribution in [3.63, 3.8) is 0 Å². The van der Waals surface area contributed by atoms with E-state index in [-0.39, 0.29) is 6.10 Å². The van der Waals surface area contributed by atoms with E-state index in [4.69, 9.17) is 21.1 Å². The van der Waals surface area contributed by atoms with Crippen molar-refractivity contribution in [2.75, 3.05) is 6.61 Å². The number of aliphatic hydroxyl groups is 1. The van der Waals surface area contributed by atoms with Gasteiger partial charge in [-0.15, -0.1) is 0 Å². The molecule has 0 radical (unpaired) electrons. The molecule has 4 heteroatoms. The van der Waals surface area contributed by atoms with Crippen LogP contribution in [0.15, 0.2) is 36.4 Å². The van der Waals surface area contributed by atoms with Gasteiger partial charge in [-0.2, -0.15) is 0 Å². The lowest BCUT2D eigenvalue weighted by molar-refractivity contribution is 0.0657. The Morgan fingerprint density at radius 3 is 2.86 bits per heavy atom. The van der Waals surface area contributed by atoms with Gasteiger partial charge in [0.2, 0.25) is 0 Å². The predicted octanol–water partition coefficient (Wildman–Crippen LogP) is 3.83. The molecule has 2 heterocycles. The van der Waals surface area contributed by atoms with E-state index in [9.17, 15) is 5.11 Å². The average molecular weight is 303 g/mol. The molecule has 1 N–H and O–H groups in total. The number of aliphatic hydroxyl groups excluding tert-OH is 1. The van der Waals surface area contributed by atoms with Gasteiger partial charge in [0.1, 0.15) is 17.6 Å². The maximum absolute atomic E-state index is 10.3. The largest absolute Gasteiger partial charge is 0.493 e. The highest BCUT2D eigenvalue weighted by molar-refractivity contribution is 6.30. The summed E-state index contributed by atoms with van der Waals surface area (Å²) >= 11 is 5.98.